The van der Waals surface area contributed by atoms with E-state index in [2.05, 4.69) is 224 Å². The van der Waals surface area contributed by atoms with Crippen molar-refractivity contribution in [2.24, 2.45) is 0 Å². The number of nitrogens with zero attached hydrogens (tertiary/aromatic N) is 3. The first-order valence-corrected chi connectivity index (χ1v) is 29.3. The maximum absolute atomic E-state index is 5.42. The van der Waals surface area contributed by atoms with Gasteiger partial charge in [0.1, 0.15) is 17.2 Å². The van der Waals surface area contributed by atoms with Crippen LogP contribution in [0.3, 0.4) is 0 Å². The van der Waals surface area contributed by atoms with Crippen molar-refractivity contribution in [1.29, 1.82) is 0 Å². The van der Waals surface area contributed by atoms with Gasteiger partial charge >= 0.3 is 0 Å². The van der Waals surface area contributed by atoms with Gasteiger partial charge < -0.3 is 19.1 Å². The zero-order valence-corrected chi connectivity index (χ0v) is 48.2. The molecule has 0 amide bonds. The van der Waals surface area contributed by atoms with E-state index in [1.165, 1.54) is 74.9 Å². The van der Waals surface area contributed by atoms with Crippen molar-refractivity contribution in [3.8, 4) is 39.5 Å². The first-order valence-electron chi connectivity index (χ1n) is 25.5. The maximum Gasteiger partial charge on any atom is 0.121 e. The van der Waals surface area contributed by atoms with Gasteiger partial charge in [-0.2, -0.15) is 0 Å². The lowest BCUT2D eigenvalue weighted by molar-refractivity contribution is 0.414. The van der Waals surface area contributed by atoms with Gasteiger partial charge in [-0.25, -0.2) is 9.97 Å². The Balaban J connectivity index is 0.000000124. The molecule has 0 saturated heterocycles. The molecule has 0 saturated carbocycles. The van der Waals surface area contributed by atoms with Crippen LogP contribution in [0.5, 0.6) is 17.2 Å². The molecule has 1 aliphatic rings. The molecule has 10 aromatic carbocycles. The molecule has 0 fully saturated rings. The van der Waals surface area contributed by atoms with E-state index < -0.39 is 7.92 Å². The van der Waals surface area contributed by atoms with Crippen LogP contribution in [0.4, 0.5) is 5.69 Å². The van der Waals surface area contributed by atoms with E-state index in [-0.39, 0.29) is 0 Å². The van der Waals surface area contributed by atoms with E-state index in [4.69, 9.17) is 24.2 Å². The number of rotatable bonds is 10. The number of methoxy groups -OCH3 is 3. The minimum absolute atomic E-state index is 0.641. The average molecular weight is 1140 g/mol. The fraction of sp³-hybridized carbons (Fsp3) is 0.0882. The van der Waals surface area contributed by atoms with Crippen LogP contribution in [0, 0.1) is 6.92 Å². The molecule has 6 nitrogen and oxygen atoms in total. The van der Waals surface area contributed by atoms with Crippen molar-refractivity contribution in [1.82, 2.24) is 9.97 Å². The lowest BCUT2D eigenvalue weighted by Gasteiger charge is -2.24. The van der Waals surface area contributed by atoms with Crippen LogP contribution in [0.2, 0.25) is 0 Å². The highest BCUT2D eigenvalue weighted by Gasteiger charge is 2.24. The second-order valence-corrected chi connectivity index (χ2v) is 24.0. The summed E-state index contributed by atoms with van der Waals surface area (Å²) in [6.45, 7) is 2.11. The Morgan fingerprint density at radius 1 is 0.474 bits per heavy atom. The number of hydrogen-bond acceptors (Lipinski definition) is 8. The van der Waals surface area contributed by atoms with Crippen LogP contribution in [0.25, 0.3) is 65.9 Å². The molecule has 78 heavy (non-hydrogen) atoms. The van der Waals surface area contributed by atoms with Crippen molar-refractivity contribution >= 4 is 113 Å². The molecule has 0 atom stereocenters. The Kier molecular flexibility index (Phi) is 15.8. The third kappa shape index (κ3) is 10.8. The summed E-state index contributed by atoms with van der Waals surface area (Å²) in [6, 6.07) is 78.8. The number of anilines is 1. The number of para-hydroxylation sites is 1. The van der Waals surface area contributed by atoms with Crippen LogP contribution >= 0.6 is 47.4 Å². The Bertz CT molecular complexity index is 4090. The average Bonchev–Trinajstić information content (AvgIpc) is 3.55. The summed E-state index contributed by atoms with van der Waals surface area (Å²) < 4.78 is 17.1. The van der Waals surface area contributed by atoms with Gasteiger partial charge in [0.05, 0.1) is 43.4 Å². The Labute approximate surface area is 474 Å². The molecular weight excluding hydrogens is 1080 g/mol. The third-order valence-electron chi connectivity index (χ3n) is 13.6. The van der Waals surface area contributed by atoms with Crippen LogP contribution < -0.4 is 35.0 Å². The maximum atomic E-state index is 5.42. The summed E-state index contributed by atoms with van der Waals surface area (Å²) in [5, 5.41) is 8.84. The zero-order chi connectivity index (χ0) is 53.7. The lowest BCUT2D eigenvalue weighted by Crippen LogP contribution is -2.22. The largest absolute Gasteiger partial charge is 0.497 e. The fourth-order valence-electron chi connectivity index (χ4n) is 9.89. The van der Waals surface area contributed by atoms with E-state index in [9.17, 15) is 0 Å². The lowest BCUT2D eigenvalue weighted by atomic mass is 9.98. The normalized spacial score (nSPS) is 11.4. The van der Waals surface area contributed by atoms with Crippen molar-refractivity contribution < 1.29 is 14.2 Å². The Morgan fingerprint density at radius 2 is 1.04 bits per heavy atom. The van der Waals surface area contributed by atoms with Gasteiger partial charge in [0.2, 0.25) is 0 Å². The highest BCUT2D eigenvalue weighted by molar-refractivity contribution is 9.10. The molecule has 0 aliphatic carbocycles. The van der Waals surface area contributed by atoms with E-state index in [1.54, 1.807) is 33.1 Å². The number of ether oxygens (including phenoxy) is 3. The summed E-state index contributed by atoms with van der Waals surface area (Å²) in [6.07, 6.45) is 0. The number of pyridine rings is 2. The van der Waals surface area contributed by atoms with E-state index in [0.717, 1.165) is 59.5 Å². The number of aryl methyl sites for hydroxylation is 1. The van der Waals surface area contributed by atoms with Crippen LogP contribution in [0.1, 0.15) is 5.56 Å². The Hall–Kier alpha value is -7.65. The predicted octanol–water partition coefficient (Wildman–Crippen LogP) is 17.3. The predicted molar refractivity (Wildman–Crippen MR) is 336 cm³/mol. The first-order chi connectivity index (χ1) is 38.2. The first kappa shape index (κ1) is 52.4. The van der Waals surface area contributed by atoms with Crippen molar-refractivity contribution in [2.45, 2.75) is 26.5 Å². The van der Waals surface area contributed by atoms with Gasteiger partial charge in [0, 0.05) is 77.0 Å². The second kappa shape index (κ2) is 23.5. The molecule has 13 rings (SSSR count). The molecule has 0 spiro atoms. The van der Waals surface area contributed by atoms with Gasteiger partial charge in [0.15, 0.2) is 0 Å². The summed E-state index contributed by atoms with van der Waals surface area (Å²) >= 11 is 7.26. The SMILES string of the molecule is CN(C)c1ccccc1-c1ccccc1P(c1ccccc1)c1ccccc1.COc1ccc(Sc2c3ccc(OC)cc3nc3cccc(Br)c23)cc1.COc1ccc2c(c1)-c1cccc3nc4cc(C)ccc4c(c13)S2. The van der Waals surface area contributed by atoms with Crippen LogP contribution in [-0.2, 0) is 0 Å². The molecule has 10 heteroatoms. The molecule has 0 unspecified atom stereocenters. The molecule has 3 heterocycles. The molecular formula is C68H55BrN3O3PS2. The standard InChI is InChI=1S/C26H24NP.C21H16BrNO2S.C21H15NOS/c1-27(2)25-19-11-9-17-23(25)24-18-10-12-20-26(24)28(21-13-5-3-6-14-21)22-15-7-4-8-16-22;1-24-13-6-9-15(10-7-13)26-21-16-11-8-14(25-2)12-19(16)23-18-5-3-4-17(22)20(18)21;1-12-6-8-15-18(10-12)22-17-5-3-4-14-16-11-13(23-2)7-9-19(16)24-21(15)20(14)17/h3-20H,1-2H3;3-12H,1-2H3;3-11H,1-2H3. The van der Waals surface area contributed by atoms with Gasteiger partial charge in [0.25, 0.3) is 0 Å². The number of aromatic nitrogens is 2. The topological polar surface area (TPSA) is 56.7 Å². The molecule has 384 valence electrons. The van der Waals surface area contributed by atoms with Gasteiger partial charge in [-0.05, 0) is 138 Å². The van der Waals surface area contributed by atoms with Crippen LogP contribution in [-0.4, -0.2) is 45.4 Å². The molecule has 0 bridgehead atoms. The van der Waals surface area contributed by atoms with E-state index >= 15 is 0 Å². The van der Waals surface area contributed by atoms with E-state index in [0.29, 0.717) is 0 Å². The van der Waals surface area contributed by atoms with Crippen molar-refractivity contribution in [3.05, 3.63) is 234 Å². The van der Waals surface area contributed by atoms with E-state index in [1.807, 2.05) is 54.2 Å². The van der Waals surface area contributed by atoms with Crippen LogP contribution in [0.15, 0.2) is 249 Å². The van der Waals surface area contributed by atoms with Gasteiger partial charge in [-0.3, -0.25) is 0 Å². The fourth-order valence-corrected chi connectivity index (χ4v) is 15.4. The molecule has 12 aromatic rings. The minimum atomic E-state index is -0.641. The number of hydrogen-bond donors (Lipinski definition) is 0. The summed E-state index contributed by atoms with van der Waals surface area (Å²) in [5.74, 6) is 2.55. The molecule has 0 N–H and O–H groups in total. The van der Waals surface area contributed by atoms with Gasteiger partial charge in [-0.1, -0.05) is 173 Å². The molecule has 0 radical (unpaired) electrons. The Morgan fingerprint density at radius 3 is 1.73 bits per heavy atom. The number of halogens is 1. The van der Waals surface area contributed by atoms with Crippen molar-refractivity contribution in [2.75, 3.05) is 40.3 Å². The smallest absolute Gasteiger partial charge is 0.121 e. The second-order valence-electron chi connectivity index (χ2n) is 18.8. The summed E-state index contributed by atoms with van der Waals surface area (Å²) in [4.78, 5) is 16.8. The highest BCUT2D eigenvalue weighted by atomic mass is 79.9. The minimum Gasteiger partial charge on any atom is -0.497 e. The molecule has 1 aliphatic heterocycles. The van der Waals surface area contributed by atoms with Gasteiger partial charge in [-0.15, -0.1) is 0 Å². The third-order valence-corrected chi connectivity index (χ3v) is 19.1. The summed E-state index contributed by atoms with van der Waals surface area (Å²) in [5.41, 5.74) is 11.5. The zero-order valence-electron chi connectivity index (χ0n) is 44.1. The number of fused-ring (bicyclic) bond motifs is 6. The molecule has 2 aromatic heterocycles. The number of benzene rings is 10. The highest BCUT2D eigenvalue weighted by Crippen LogP contribution is 2.51. The summed E-state index contributed by atoms with van der Waals surface area (Å²) in [7, 11) is 8.64. The van der Waals surface area contributed by atoms with Crippen molar-refractivity contribution in [3.63, 3.8) is 0 Å². The monoisotopic (exact) mass is 1140 g/mol. The quantitative estimate of drug-likeness (QED) is 0.0992.